The lowest BCUT2D eigenvalue weighted by Gasteiger charge is -2.25. The molecule has 0 saturated carbocycles. The second kappa shape index (κ2) is 4.41. The third-order valence-electron chi connectivity index (χ3n) is 2.27. The van der Waals surface area contributed by atoms with Gasteiger partial charge >= 0.3 is 0 Å². The molecule has 0 radical (unpaired) electrons. The Morgan fingerprint density at radius 2 is 2.17 bits per heavy atom. The van der Waals surface area contributed by atoms with Gasteiger partial charge in [0.1, 0.15) is 0 Å². The van der Waals surface area contributed by atoms with Gasteiger partial charge in [0.25, 0.3) is 0 Å². The molecule has 0 bridgehead atoms. The van der Waals surface area contributed by atoms with Crippen LogP contribution in [0, 0.1) is 5.92 Å². The van der Waals surface area contributed by atoms with E-state index in [1.807, 2.05) is 13.8 Å². The van der Waals surface area contributed by atoms with Crippen LogP contribution in [0.2, 0.25) is 0 Å². The van der Waals surface area contributed by atoms with E-state index in [9.17, 15) is 9.90 Å². The van der Waals surface area contributed by atoms with Gasteiger partial charge < -0.3 is 5.11 Å². The zero-order valence-electron chi connectivity index (χ0n) is 8.29. The van der Waals surface area contributed by atoms with E-state index < -0.39 is 5.60 Å². The maximum Gasteiger partial charge on any atom is 0.152 e. The van der Waals surface area contributed by atoms with E-state index >= 15 is 0 Å². The fourth-order valence-electron chi connectivity index (χ4n) is 0.864. The van der Waals surface area contributed by atoms with Crippen molar-refractivity contribution in [3.63, 3.8) is 0 Å². The van der Waals surface area contributed by atoms with E-state index in [0.29, 0.717) is 0 Å². The normalized spacial score (nSPS) is 19.1. The number of ketones is 1. The number of aliphatic hydroxyl groups is 1. The Morgan fingerprint density at radius 3 is 2.50 bits per heavy atom. The molecule has 2 heteroatoms. The Morgan fingerprint density at radius 1 is 1.67 bits per heavy atom. The summed E-state index contributed by atoms with van der Waals surface area (Å²) in [6.07, 6.45) is 3.89. The van der Waals surface area contributed by atoms with Gasteiger partial charge in [-0.15, -0.1) is 0 Å². The van der Waals surface area contributed by atoms with Crippen LogP contribution in [0.4, 0.5) is 0 Å². The average Bonchev–Trinajstić information content (AvgIpc) is 1.99. The molecule has 0 aromatic carbocycles. The monoisotopic (exact) mass is 170 g/mol. The molecule has 0 aromatic rings. The lowest BCUT2D eigenvalue weighted by atomic mass is 9.88. The van der Waals surface area contributed by atoms with Crippen LogP contribution in [0.15, 0.2) is 12.2 Å². The Balaban J connectivity index is 4.30. The zero-order valence-corrected chi connectivity index (χ0v) is 8.29. The average molecular weight is 170 g/mol. The van der Waals surface area contributed by atoms with Gasteiger partial charge in [0.2, 0.25) is 0 Å². The molecule has 0 fully saturated rings. The molecule has 2 atom stereocenters. The quantitative estimate of drug-likeness (QED) is 0.654. The number of carbonyl (C=O) groups excluding carboxylic acids is 1. The Bertz CT molecular complexity index is 180. The van der Waals surface area contributed by atoms with Crippen molar-refractivity contribution < 1.29 is 9.90 Å². The molecule has 0 amide bonds. The van der Waals surface area contributed by atoms with Gasteiger partial charge in [-0.05, 0) is 31.9 Å². The summed E-state index contributed by atoms with van der Waals surface area (Å²) in [5, 5.41) is 9.79. The molecule has 0 saturated heterocycles. The molecule has 0 aliphatic rings. The maximum absolute atomic E-state index is 10.6. The first-order valence-corrected chi connectivity index (χ1v) is 4.32. The molecule has 0 spiro atoms. The van der Waals surface area contributed by atoms with Gasteiger partial charge in [0.15, 0.2) is 5.78 Å². The van der Waals surface area contributed by atoms with Gasteiger partial charge in [0.05, 0.1) is 5.60 Å². The zero-order chi connectivity index (χ0) is 9.78. The summed E-state index contributed by atoms with van der Waals surface area (Å²) in [6, 6.07) is 0. The number of carbonyl (C=O) groups is 1. The lowest BCUT2D eigenvalue weighted by molar-refractivity contribution is -0.112. The van der Waals surface area contributed by atoms with Crippen molar-refractivity contribution in [1.82, 2.24) is 0 Å². The fraction of sp³-hybridized carbons (Fsp3) is 0.700. The molecule has 12 heavy (non-hydrogen) atoms. The highest BCUT2D eigenvalue weighted by Gasteiger charge is 2.23. The molecule has 0 aliphatic carbocycles. The number of hydrogen-bond donors (Lipinski definition) is 1. The van der Waals surface area contributed by atoms with Crippen LogP contribution < -0.4 is 0 Å². The smallest absolute Gasteiger partial charge is 0.152 e. The molecule has 0 aliphatic heterocycles. The van der Waals surface area contributed by atoms with Crippen LogP contribution in [-0.2, 0) is 4.79 Å². The first-order valence-electron chi connectivity index (χ1n) is 4.32. The lowest BCUT2D eigenvalue weighted by Crippen LogP contribution is -2.29. The highest BCUT2D eigenvalue weighted by Crippen LogP contribution is 2.20. The summed E-state index contributed by atoms with van der Waals surface area (Å²) < 4.78 is 0. The van der Waals surface area contributed by atoms with Crippen LogP contribution in [0.5, 0.6) is 0 Å². The second-order valence-electron chi connectivity index (χ2n) is 3.48. The van der Waals surface area contributed by atoms with Crippen LogP contribution in [0.25, 0.3) is 0 Å². The topological polar surface area (TPSA) is 37.3 Å². The predicted molar refractivity (Wildman–Crippen MR) is 49.9 cm³/mol. The molecule has 2 nitrogen and oxygen atoms in total. The predicted octanol–water partition coefficient (Wildman–Crippen LogP) is 1.93. The summed E-state index contributed by atoms with van der Waals surface area (Å²) in [4.78, 5) is 10.6. The van der Waals surface area contributed by atoms with E-state index in [-0.39, 0.29) is 11.7 Å². The number of hydrogen-bond acceptors (Lipinski definition) is 2. The summed E-state index contributed by atoms with van der Waals surface area (Å²) in [5.41, 5.74) is -0.861. The van der Waals surface area contributed by atoms with Gasteiger partial charge in [-0.1, -0.05) is 20.3 Å². The Kier molecular flexibility index (Phi) is 4.18. The van der Waals surface area contributed by atoms with E-state index in [1.54, 1.807) is 13.0 Å². The standard InChI is InChI=1S/C10H18O2/c1-5-8(2)10(4,12)7-6-9(3)11/h6-8,12H,5H2,1-4H3/b7-6+. The number of rotatable bonds is 4. The Labute approximate surface area is 74.3 Å². The first-order chi connectivity index (χ1) is 5.40. The van der Waals surface area contributed by atoms with Crippen molar-refractivity contribution in [2.75, 3.05) is 0 Å². The van der Waals surface area contributed by atoms with Crippen molar-refractivity contribution in [2.45, 2.75) is 39.7 Å². The summed E-state index contributed by atoms with van der Waals surface area (Å²) in [7, 11) is 0. The molecule has 1 N–H and O–H groups in total. The van der Waals surface area contributed by atoms with Crippen LogP contribution >= 0.6 is 0 Å². The van der Waals surface area contributed by atoms with Gasteiger partial charge in [0, 0.05) is 0 Å². The van der Waals surface area contributed by atoms with Crippen molar-refractivity contribution in [1.29, 1.82) is 0 Å². The minimum atomic E-state index is -0.861. The highest BCUT2D eigenvalue weighted by molar-refractivity contribution is 5.87. The summed E-state index contributed by atoms with van der Waals surface area (Å²) in [6.45, 7) is 7.18. The summed E-state index contributed by atoms with van der Waals surface area (Å²) >= 11 is 0. The first kappa shape index (κ1) is 11.4. The Hall–Kier alpha value is -0.630. The van der Waals surface area contributed by atoms with Crippen molar-refractivity contribution in [3.8, 4) is 0 Å². The summed E-state index contributed by atoms with van der Waals surface area (Å²) in [5.74, 6) is 0.145. The van der Waals surface area contributed by atoms with Crippen LogP contribution in [0.1, 0.15) is 34.1 Å². The van der Waals surface area contributed by atoms with Gasteiger partial charge in [-0.3, -0.25) is 4.79 Å². The highest BCUT2D eigenvalue weighted by atomic mass is 16.3. The van der Waals surface area contributed by atoms with E-state index in [2.05, 4.69) is 0 Å². The molecule has 70 valence electrons. The van der Waals surface area contributed by atoms with Crippen molar-refractivity contribution >= 4 is 5.78 Å². The third kappa shape index (κ3) is 3.67. The van der Waals surface area contributed by atoms with Gasteiger partial charge in [-0.25, -0.2) is 0 Å². The second-order valence-corrected chi connectivity index (χ2v) is 3.48. The minimum absolute atomic E-state index is 0.0291. The molecule has 2 unspecified atom stereocenters. The number of allylic oxidation sites excluding steroid dienone is 1. The minimum Gasteiger partial charge on any atom is -0.386 e. The molecule has 0 heterocycles. The maximum atomic E-state index is 10.6. The molecular weight excluding hydrogens is 152 g/mol. The van der Waals surface area contributed by atoms with E-state index in [4.69, 9.17) is 0 Å². The van der Waals surface area contributed by atoms with E-state index in [0.717, 1.165) is 6.42 Å². The fourth-order valence-corrected chi connectivity index (χ4v) is 0.864. The third-order valence-corrected chi connectivity index (χ3v) is 2.27. The molecule has 0 rings (SSSR count). The van der Waals surface area contributed by atoms with E-state index in [1.165, 1.54) is 13.0 Å². The van der Waals surface area contributed by atoms with Gasteiger partial charge in [-0.2, -0.15) is 0 Å². The van der Waals surface area contributed by atoms with Crippen molar-refractivity contribution in [2.24, 2.45) is 5.92 Å². The molecule has 0 aromatic heterocycles. The SMILES string of the molecule is CCC(C)C(C)(O)/C=C/C(C)=O. The largest absolute Gasteiger partial charge is 0.386 e. The van der Waals surface area contributed by atoms with Crippen LogP contribution in [0.3, 0.4) is 0 Å². The molecular formula is C10H18O2. The van der Waals surface area contributed by atoms with Crippen molar-refractivity contribution in [3.05, 3.63) is 12.2 Å². The van der Waals surface area contributed by atoms with Crippen LogP contribution in [-0.4, -0.2) is 16.5 Å².